The van der Waals surface area contributed by atoms with Crippen LogP contribution in [-0.2, 0) is 10.1 Å². The average Bonchev–Trinajstić information content (AvgIpc) is 3.19. The van der Waals surface area contributed by atoms with Gasteiger partial charge in [0.1, 0.15) is 27.9 Å². The molecule has 1 aliphatic rings. The second-order valence-corrected chi connectivity index (χ2v) is 7.44. The molecule has 1 aliphatic heterocycles. The van der Waals surface area contributed by atoms with Gasteiger partial charge >= 0.3 is 10.1 Å². The number of hydrogen-bond donors (Lipinski definition) is 0. The van der Waals surface area contributed by atoms with Crippen LogP contribution in [0.15, 0.2) is 75.7 Å². The highest BCUT2D eigenvalue weighted by Gasteiger charge is 2.29. The summed E-state index contributed by atoms with van der Waals surface area (Å²) in [6.45, 7) is 1.80. The molecule has 0 N–H and O–H groups in total. The van der Waals surface area contributed by atoms with E-state index in [0.717, 1.165) is 0 Å². The Morgan fingerprint density at radius 2 is 1.78 bits per heavy atom. The summed E-state index contributed by atoms with van der Waals surface area (Å²) in [7, 11) is -3.97. The van der Waals surface area contributed by atoms with Gasteiger partial charge in [0.2, 0.25) is 5.78 Å². The zero-order valence-electron chi connectivity index (χ0n) is 14.2. The van der Waals surface area contributed by atoms with Crippen molar-refractivity contribution in [1.82, 2.24) is 0 Å². The topological polar surface area (TPSA) is 82.8 Å². The first-order valence-electron chi connectivity index (χ1n) is 8.07. The van der Waals surface area contributed by atoms with Crippen LogP contribution >= 0.6 is 0 Å². The SMILES string of the molecule is Cc1ccc(/C=C2\Oc3cc(OS(=O)(=O)c4ccccc4)ccc3C2=O)o1. The second-order valence-electron chi connectivity index (χ2n) is 5.90. The quantitative estimate of drug-likeness (QED) is 0.501. The van der Waals surface area contributed by atoms with E-state index in [0.29, 0.717) is 17.1 Å². The van der Waals surface area contributed by atoms with Crippen LogP contribution in [0.3, 0.4) is 0 Å². The lowest BCUT2D eigenvalue weighted by molar-refractivity contribution is 0.101. The van der Waals surface area contributed by atoms with E-state index in [2.05, 4.69) is 0 Å². The minimum atomic E-state index is -3.97. The molecule has 3 aromatic rings. The molecule has 0 aliphatic carbocycles. The lowest BCUT2D eigenvalue weighted by Gasteiger charge is -2.07. The molecule has 0 unspecified atom stereocenters. The molecular formula is C20H14O6S. The van der Waals surface area contributed by atoms with Crippen molar-refractivity contribution in [2.75, 3.05) is 0 Å². The molecule has 2 heterocycles. The van der Waals surface area contributed by atoms with E-state index in [9.17, 15) is 13.2 Å². The number of furan rings is 1. The maximum atomic E-state index is 12.4. The van der Waals surface area contributed by atoms with E-state index in [1.54, 1.807) is 37.3 Å². The molecule has 0 amide bonds. The smallest absolute Gasteiger partial charge is 0.339 e. The molecule has 0 saturated heterocycles. The third-order valence-electron chi connectivity index (χ3n) is 3.91. The molecule has 0 radical (unpaired) electrons. The van der Waals surface area contributed by atoms with Crippen molar-refractivity contribution in [3.05, 3.63) is 83.5 Å². The zero-order chi connectivity index (χ0) is 19.0. The highest BCUT2D eigenvalue weighted by molar-refractivity contribution is 7.87. The third kappa shape index (κ3) is 3.37. The van der Waals surface area contributed by atoms with Crippen molar-refractivity contribution >= 4 is 22.0 Å². The Bertz CT molecular complexity index is 1160. The lowest BCUT2D eigenvalue weighted by Crippen LogP contribution is -2.09. The second kappa shape index (κ2) is 6.44. The van der Waals surface area contributed by atoms with Crippen LogP contribution in [0, 0.1) is 6.92 Å². The fraction of sp³-hybridized carbons (Fsp3) is 0.0500. The maximum Gasteiger partial charge on any atom is 0.339 e. The zero-order valence-corrected chi connectivity index (χ0v) is 15.0. The van der Waals surface area contributed by atoms with E-state index >= 15 is 0 Å². The van der Waals surface area contributed by atoms with Crippen LogP contribution in [0.25, 0.3) is 6.08 Å². The Balaban J connectivity index is 1.60. The van der Waals surface area contributed by atoms with Crippen molar-refractivity contribution in [1.29, 1.82) is 0 Å². The van der Waals surface area contributed by atoms with Gasteiger partial charge in [-0.25, -0.2) is 0 Å². The van der Waals surface area contributed by atoms with E-state index in [1.165, 1.54) is 36.4 Å². The predicted molar refractivity (Wildman–Crippen MR) is 97.1 cm³/mol. The maximum absolute atomic E-state index is 12.4. The van der Waals surface area contributed by atoms with Gasteiger partial charge in [-0.2, -0.15) is 8.42 Å². The predicted octanol–water partition coefficient (Wildman–Crippen LogP) is 3.97. The molecule has 0 fully saturated rings. The largest absolute Gasteiger partial charge is 0.462 e. The first-order chi connectivity index (χ1) is 12.9. The van der Waals surface area contributed by atoms with Crippen molar-refractivity contribution in [2.45, 2.75) is 11.8 Å². The average molecular weight is 382 g/mol. The van der Waals surface area contributed by atoms with Crippen molar-refractivity contribution < 1.29 is 26.5 Å². The van der Waals surface area contributed by atoms with Crippen molar-refractivity contribution in [3.8, 4) is 11.5 Å². The molecule has 7 heteroatoms. The summed E-state index contributed by atoms with van der Waals surface area (Å²) in [5.74, 6) is 1.29. The van der Waals surface area contributed by atoms with Gasteiger partial charge in [-0.3, -0.25) is 4.79 Å². The molecule has 0 saturated carbocycles. The fourth-order valence-electron chi connectivity index (χ4n) is 2.64. The lowest BCUT2D eigenvalue weighted by atomic mass is 10.1. The number of hydrogen-bond acceptors (Lipinski definition) is 6. The van der Waals surface area contributed by atoms with Crippen LogP contribution < -0.4 is 8.92 Å². The summed E-state index contributed by atoms with van der Waals surface area (Å²) < 4.78 is 40.8. The van der Waals surface area contributed by atoms with Crippen LogP contribution in [0.1, 0.15) is 21.9 Å². The number of fused-ring (bicyclic) bond motifs is 1. The number of ether oxygens (including phenoxy) is 1. The number of Topliss-reactive ketones (excluding diaryl/α,β-unsaturated/α-hetero) is 1. The Morgan fingerprint density at radius 1 is 1.00 bits per heavy atom. The van der Waals surface area contributed by atoms with Crippen LogP contribution in [0.2, 0.25) is 0 Å². The number of ketones is 1. The molecule has 0 spiro atoms. The molecule has 4 rings (SSSR count). The van der Waals surface area contributed by atoms with Gasteiger partial charge in [-0.15, -0.1) is 0 Å². The van der Waals surface area contributed by atoms with Gasteiger partial charge in [-0.1, -0.05) is 18.2 Å². The minimum absolute atomic E-state index is 0.0382. The number of aryl methyl sites for hydroxylation is 1. The summed E-state index contributed by atoms with van der Waals surface area (Å²) in [5, 5.41) is 0. The van der Waals surface area contributed by atoms with Gasteiger partial charge in [0, 0.05) is 12.1 Å². The minimum Gasteiger partial charge on any atom is -0.462 e. The summed E-state index contributed by atoms with van der Waals surface area (Å²) in [6, 6.07) is 15.6. The first kappa shape index (κ1) is 17.1. The normalized spacial score (nSPS) is 14.9. The van der Waals surface area contributed by atoms with E-state index < -0.39 is 10.1 Å². The summed E-state index contributed by atoms with van der Waals surface area (Å²) in [4.78, 5) is 12.5. The van der Waals surface area contributed by atoms with Gasteiger partial charge < -0.3 is 13.3 Å². The van der Waals surface area contributed by atoms with Gasteiger partial charge in [0.05, 0.1) is 5.56 Å². The van der Waals surface area contributed by atoms with Crippen LogP contribution in [0.4, 0.5) is 0 Å². The molecule has 2 aromatic carbocycles. The highest BCUT2D eigenvalue weighted by Crippen LogP contribution is 2.35. The number of carbonyl (C=O) groups is 1. The Hall–Kier alpha value is -3.32. The van der Waals surface area contributed by atoms with Gasteiger partial charge in [0.15, 0.2) is 5.76 Å². The van der Waals surface area contributed by atoms with Gasteiger partial charge in [0.25, 0.3) is 0 Å². The monoisotopic (exact) mass is 382 g/mol. The number of rotatable bonds is 4. The molecule has 1 aromatic heterocycles. The molecule has 6 nitrogen and oxygen atoms in total. The molecule has 27 heavy (non-hydrogen) atoms. The molecule has 0 bridgehead atoms. The number of allylic oxidation sites excluding steroid dienone is 1. The van der Waals surface area contributed by atoms with E-state index in [4.69, 9.17) is 13.3 Å². The summed E-state index contributed by atoms with van der Waals surface area (Å²) in [5.41, 5.74) is 0.328. The van der Waals surface area contributed by atoms with E-state index in [-0.39, 0.29) is 27.9 Å². The molecular weight excluding hydrogens is 368 g/mol. The van der Waals surface area contributed by atoms with Gasteiger partial charge in [-0.05, 0) is 43.3 Å². The van der Waals surface area contributed by atoms with Crippen LogP contribution in [-0.4, -0.2) is 14.2 Å². The van der Waals surface area contributed by atoms with Crippen molar-refractivity contribution in [3.63, 3.8) is 0 Å². The van der Waals surface area contributed by atoms with Crippen LogP contribution in [0.5, 0.6) is 11.5 Å². The molecule has 136 valence electrons. The fourth-order valence-corrected chi connectivity index (χ4v) is 3.58. The Morgan fingerprint density at radius 3 is 2.48 bits per heavy atom. The standard InChI is InChI=1S/C20H14O6S/c1-13-7-8-14(24-13)11-19-20(21)17-10-9-15(12-18(17)25-19)26-27(22,23)16-5-3-2-4-6-16/h2-12H,1H3/b19-11-. The summed E-state index contributed by atoms with van der Waals surface area (Å²) >= 11 is 0. The third-order valence-corrected chi connectivity index (χ3v) is 5.18. The number of carbonyl (C=O) groups excluding carboxylic acids is 1. The Labute approximate surface area is 155 Å². The Kier molecular flexibility index (Phi) is 4.08. The molecule has 0 atom stereocenters. The van der Waals surface area contributed by atoms with Crippen molar-refractivity contribution in [2.24, 2.45) is 0 Å². The first-order valence-corrected chi connectivity index (χ1v) is 9.47. The number of benzene rings is 2. The summed E-state index contributed by atoms with van der Waals surface area (Å²) in [6.07, 6.45) is 1.50. The highest BCUT2D eigenvalue weighted by atomic mass is 32.2. The van der Waals surface area contributed by atoms with E-state index in [1.807, 2.05) is 0 Å².